The maximum absolute atomic E-state index is 12.4. The van der Waals surface area contributed by atoms with Crippen LogP contribution in [0.5, 0.6) is 0 Å². The average Bonchev–Trinajstić information content (AvgIpc) is 2.00. The molecule has 1 aromatic rings. The van der Waals surface area contributed by atoms with Crippen molar-refractivity contribution in [2.24, 2.45) is 0 Å². The van der Waals surface area contributed by atoms with Crippen LogP contribution < -0.4 is 5.32 Å². The second-order valence-corrected chi connectivity index (χ2v) is 3.37. The molecule has 72 valence electrons. The van der Waals surface area contributed by atoms with Crippen LogP contribution in [-0.4, -0.2) is 12.5 Å². The predicted molar refractivity (Wildman–Crippen MR) is 50.6 cm³/mol. The normalized spacial score (nSPS) is 11.4. The van der Waals surface area contributed by atoms with Crippen molar-refractivity contribution in [2.45, 2.75) is 12.8 Å². The summed E-state index contributed by atoms with van der Waals surface area (Å²) in [5.74, 6) is -2.71. The van der Waals surface area contributed by atoms with Crippen molar-refractivity contribution in [3.05, 3.63) is 29.3 Å². The Hall–Kier alpha value is -0.830. The number of benzene rings is 1. The summed E-state index contributed by atoms with van der Waals surface area (Å²) in [5.41, 5.74) is 0.606. The molecule has 0 radical (unpaired) electrons. The Bertz CT molecular complexity index is 283. The van der Waals surface area contributed by atoms with Gasteiger partial charge < -0.3 is 5.32 Å². The van der Waals surface area contributed by atoms with Crippen molar-refractivity contribution in [1.82, 2.24) is 0 Å². The molecule has 0 aliphatic rings. The summed E-state index contributed by atoms with van der Waals surface area (Å²) in [4.78, 5) is 0. The molecular weight excluding hydrogens is 196 g/mol. The lowest BCUT2D eigenvalue weighted by atomic mass is 10.3. The minimum Gasteiger partial charge on any atom is -0.379 e. The van der Waals surface area contributed by atoms with E-state index in [-0.39, 0.29) is 6.54 Å². The Morgan fingerprint density at radius 1 is 1.46 bits per heavy atom. The lowest BCUT2D eigenvalue weighted by Gasteiger charge is -2.12. The molecule has 13 heavy (non-hydrogen) atoms. The number of rotatable bonds is 3. The summed E-state index contributed by atoms with van der Waals surface area (Å²) in [6.07, 6.45) is 0. The first-order chi connectivity index (χ1) is 5.97. The van der Waals surface area contributed by atoms with Crippen LogP contribution in [0.2, 0.25) is 5.02 Å². The smallest absolute Gasteiger partial charge is 0.262 e. The maximum atomic E-state index is 12.4. The van der Waals surface area contributed by atoms with E-state index in [0.717, 1.165) is 6.92 Å². The van der Waals surface area contributed by atoms with Crippen LogP contribution in [0.15, 0.2) is 24.3 Å². The van der Waals surface area contributed by atoms with Gasteiger partial charge in [-0.15, -0.1) is 0 Å². The van der Waals surface area contributed by atoms with E-state index in [4.69, 9.17) is 11.6 Å². The van der Waals surface area contributed by atoms with Crippen LogP contribution in [0.25, 0.3) is 0 Å². The molecule has 4 heteroatoms. The van der Waals surface area contributed by atoms with Gasteiger partial charge in [-0.05, 0) is 18.2 Å². The van der Waals surface area contributed by atoms with Gasteiger partial charge in [0.2, 0.25) is 0 Å². The first-order valence-electron chi connectivity index (χ1n) is 3.85. The number of hydrogen-bond donors (Lipinski definition) is 1. The Balaban J connectivity index is 2.55. The van der Waals surface area contributed by atoms with E-state index in [1.54, 1.807) is 24.3 Å². The topological polar surface area (TPSA) is 12.0 Å². The Morgan fingerprint density at radius 2 is 2.15 bits per heavy atom. The Morgan fingerprint density at radius 3 is 2.69 bits per heavy atom. The van der Waals surface area contributed by atoms with Gasteiger partial charge in [0.15, 0.2) is 0 Å². The Kier molecular flexibility index (Phi) is 3.09. The molecule has 0 saturated carbocycles. The second kappa shape index (κ2) is 3.92. The van der Waals surface area contributed by atoms with Gasteiger partial charge in [0.05, 0.1) is 6.54 Å². The molecule has 0 heterocycles. The first kappa shape index (κ1) is 10.3. The van der Waals surface area contributed by atoms with Crippen LogP contribution in [-0.2, 0) is 0 Å². The molecular formula is C9H10ClF2N. The highest BCUT2D eigenvalue weighted by Gasteiger charge is 2.19. The van der Waals surface area contributed by atoms with Crippen LogP contribution >= 0.6 is 11.6 Å². The number of hydrogen-bond acceptors (Lipinski definition) is 1. The number of alkyl halides is 2. The fourth-order valence-corrected chi connectivity index (χ4v) is 1.05. The van der Waals surface area contributed by atoms with Crippen LogP contribution in [0, 0.1) is 0 Å². The van der Waals surface area contributed by atoms with Crippen LogP contribution in [0.3, 0.4) is 0 Å². The van der Waals surface area contributed by atoms with E-state index < -0.39 is 5.92 Å². The van der Waals surface area contributed by atoms with Crippen LogP contribution in [0.1, 0.15) is 6.92 Å². The molecule has 0 amide bonds. The third kappa shape index (κ3) is 4.08. The molecule has 0 atom stereocenters. The van der Waals surface area contributed by atoms with Gasteiger partial charge in [-0.3, -0.25) is 0 Å². The molecule has 1 nitrogen and oxygen atoms in total. The number of nitrogens with one attached hydrogen (secondary N) is 1. The molecule has 0 spiro atoms. The van der Waals surface area contributed by atoms with E-state index >= 15 is 0 Å². The standard InChI is InChI=1S/C9H10ClF2N/c1-9(11,12)6-13-8-4-2-3-7(10)5-8/h2-5,13H,6H2,1H3. The molecule has 0 bridgehead atoms. The SMILES string of the molecule is CC(F)(F)CNc1cccc(Cl)c1. The van der Waals surface area contributed by atoms with Gasteiger partial charge in [0.25, 0.3) is 5.92 Å². The van der Waals surface area contributed by atoms with Gasteiger partial charge in [-0.25, -0.2) is 8.78 Å². The van der Waals surface area contributed by atoms with Crippen molar-refractivity contribution in [1.29, 1.82) is 0 Å². The highest BCUT2D eigenvalue weighted by atomic mass is 35.5. The van der Waals surface area contributed by atoms with Gasteiger partial charge in [-0.1, -0.05) is 17.7 Å². The molecule has 0 unspecified atom stereocenters. The highest BCUT2D eigenvalue weighted by Crippen LogP contribution is 2.17. The lowest BCUT2D eigenvalue weighted by Crippen LogP contribution is -2.22. The number of anilines is 1. The van der Waals surface area contributed by atoms with Crippen LogP contribution in [0.4, 0.5) is 14.5 Å². The van der Waals surface area contributed by atoms with Crippen molar-refractivity contribution < 1.29 is 8.78 Å². The molecule has 0 fully saturated rings. The summed E-state index contributed by atoms with van der Waals surface area (Å²) in [7, 11) is 0. The van der Waals surface area contributed by atoms with E-state index in [1.807, 2.05) is 0 Å². The minimum absolute atomic E-state index is 0.382. The third-order valence-electron chi connectivity index (χ3n) is 1.43. The zero-order valence-corrected chi connectivity index (χ0v) is 7.91. The van der Waals surface area contributed by atoms with Gasteiger partial charge in [0.1, 0.15) is 0 Å². The quantitative estimate of drug-likeness (QED) is 0.798. The zero-order valence-electron chi connectivity index (χ0n) is 7.15. The second-order valence-electron chi connectivity index (χ2n) is 2.93. The van der Waals surface area contributed by atoms with Crippen molar-refractivity contribution in [3.63, 3.8) is 0 Å². The Labute approximate surface area is 80.7 Å². The summed E-state index contributed by atoms with van der Waals surface area (Å²) >= 11 is 5.67. The third-order valence-corrected chi connectivity index (χ3v) is 1.66. The van der Waals surface area contributed by atoms with Crippen molar-refractivity contribution in [3.8, 4) is 0 Å². The summed E-state index contributed by atoms with van der Waals surface area (Å²) in [6, 6.07) is 6.69. The molecule has 1 N–H and O–H groups in total. The summed E-state index contributed by atoms with van der Waals surface area (Å²) in [5, 5.41) is 3.12. The lowest BCUT2D eigenvalue weighted by molar-refractivity contribution is 0.0368. The van der Waals surface area contributed by atoms with Crippen molar-refractivity contribution >= 4 is 17.3 Å². The summed E-state index contributed by atoms with van der Waals surface area (Å²) < 4.78 is 24.8. The fraction of sp³-hybridized carbons (Fsp3) is 0.333. The monoisotopic (exact) mass is 205 g/mol. The molecule has 1 aromatic carbocycles. The molecule has 1 rings (SSSR count). The van der Waals surface area contributed by atoms with Gasteiger partial charge in [0, 0.05) is 17.6 Å². The molecule has 0 aliphatic heterocycles. The van der Waals surface area contributed by atoms with E-state index in [0.29, 0.717) is 10.7 Å². The van der Waals surface area contributed by atoms with Gasteiger partial charge in [-0.2, -0.15) is 0 Å². The highest BCUT2D eigenvalue weighted by molar-refractivity contribution is 6.30. The largest absolute Gasteiger partial charge is 0.379 e. The number of halogens is 3. The summed E-state index contributed by atoms with van der Waals surface area (Å²) in [6.45, 7) is 0.484. The van der Waals surface area contributed by atoms with Gasteiger partial charge >= 0.3 is 0 Å². The first-order valence-corrected chi connectivity index (χ1v) is 4.22. The molecule has 0 aliphatic carbocycles. The maximum Gasteiger partial charge on any atom is 0.262 e. The van der Waals surface area contributed by atoms with E-state index in [2.05, 4.69) is 5.32 Å². The molecule has 0 aromatic heterocycles. The zero-order chi connectivity index (χ0) is 9.90. The molecule has 0 saturated heterocycles. The van der Waals surface area contributed by atoms with E-state index in [9.17, 15) is 8.78 Å². The fourth-order valence-electron chi connectivity index (χ4n) is 0.856. The minimum atomic E-state index is -2.71. The predicted octanol–water partition coefficient (Wildman–Crippen LogP) is 3.41. The average molecular weight is 206 g/mol. The van der Waals surface area contributed by atoms with Crippen molar-refractivity contribution in [2.75, 3.05) is 11.9 Å². The van der Waals surface area contributed by atoms with E-state index in [1.165, 1.54) is 0 Å².